The molecule has 100 valence electrons. The Labute approximate surface area is 111 Å². The molecule has 0 bridgehead atoms. The summed E-state index contributed by atoms with van der Waals surface area (Å²) in [7, 11) is 1.94. The number of carbonyl (C=O) groups excluding carboxylic acids is 1. The number of nitrogens with zero attached hydrogens (tertiary/aromatic N) is 2. The predicted molar refractivity (Wildman–Crippen MR) is 72.0 cm³/mol. The van der Waals surface area contributed by atoms with Gasteiger partial charge in [-0.1, -0.05) is 0 Å². The second-order valence-electron chi connectivity index (χ2n) is 4.90. The van der Waals surface area contributed by atoms with Gasteiger partial charge in [-0.05, 0) is 31.0 Å². The van der Waals surface area contributed by atoms with Crippen molar-refractivity contribution in [1.29, 1.82) is 0 Å². The molecule has 5 heteroatoms. The average Bonchev–Trinajstić information content (AvgIpc) is 3.06. The summed E-state index contributed by atoms with van der Waals surface area (Å²) in [5, 5.41) is 2.91. The maximum absolute atomic E-state index is 12.1. The van der Waals surface area contributed by atoms with E-state index in [2.05, 4.69) is 10.3 Å². The Hall–Kier alpha value is -1.88. The van der Waals surface area contributed by atoms with Crippen molar-refractivity contribution < 1.29 is 9.53 Å². The van der Waals surface area contributed by atoms with Crippen molar-refractivity contribution in [3.8, 4) is 0 Å². The molecule has 19 heavy (non-hydrogen) atoms. The maximum atomic E-state index is 12.1. The number of hydrogen-bond acceptors (Lipinski definition) is 3. The van der Waals surface area contributed by atoms with Gasteiger partial charge in [0.2, 0.25) is 0 Å². The Bertz CT molecular complexity index is 600. The van der Waals surface area contributed by atoms with E-state index in [0.29, 0.717) is 12.1 Å². The number of fused-ring (bicyclic) bond motifs is 1. The summed E-state index contributed by atoms with van der Waals surface area (Å²) in [6, 6.07) is 5.57. The molecular weight excluding hydrogens is 242 g/mol. The van der Waals surface area contributed by atoms with E-state index in [1.807, 2.05) is 29.8 Å². The quantitative estimate of drug-likeness (QED) is 0.908. The number of carbonyl (C=O) groups is 1. The number of hydrogen-bond donors (Lipinski definition) is 1. The number of amides is 1. The largest absolute Gasteiger partial charge is 0.376 e. The van der Waals surface area contributed by atoms with E-state index in [4.69, 9.17) is 4.74 Å². The third-order valence-corrected chi connectivity index (χ3v) is 3.50. The number of aromatic nitrogens is 2. The van der Waals surface area contributed by atoms with Crippen LogP contribution in [-0.2, 0) is 11.8 Å². The van der Waals surface area contributed by atoms with Crippen LogP contribution in [0.5, 0.6) is 0 Å². The maximum Gasteiger partial charge on any atom is 0.251 e. The third-order valence-electron chi connectivity index (χ3n) is 3.50. The first-order valence-electron chi connectivity index (χ1n) is 6.55. The first-order valence-corrected chi connectivity index (χ1v) is 6.55. The lowest BCUT2D eigenvalue weighted by Gasteiger charge is -2.10. The van der Waals surface area contributed by atoms with Crippen LogP contribution in [0.2, 0.25) is 0 Å². The molecule has 1 atom stereocenters. The summed E-state index contributed by atoms with van der Waals surface area (Å²) in [4.78, 5) is 16.3. The second kappa shape index (κ2) is 5.01. The monoisotopic (exact) mass is 259 g/mol. The van der Waals surface area contributed by atoms with Crippen molar-refractivity contribution in [3.63, 3.8) is 0 Å². The SMILES string of the molecule is Cn1cnc2cc(C(=O)NC[C@H]3CCCO3)ccc21. The zero-order valence-corrected chi connectivity index (χ0v) is 10.9. The molecule has 2 aromatic rings. The van der Waals surface area contributed by atoms with Gasteiger partial charge >= 0.3 is 0 Å². The highest BCUT2D eigenvalue weighted by atomic mass is 16.5. The molecule has 0 saturated carbocycles. The minimum atomic E-state index is -0.0666. The Morgan fingerprint density at radius 3 is 3.26 bits per heavy atom. The van der Waals surface area contributed by atoms with Gasteiger partial charge in [0.1, 0.15) is 0 Å². The molecule has 1 aliphatic rings. The lowest BCUT2D eigenvalue weighted by molar-refractivity contribution is 0.0858. The van der Waals surface area contributed by atoms with Crippen LogP contribution in [0.3, 0.4) is 0 Å². The second-order valence-corrected chi connectivity index (χ2v) is 4.90. The van der Waals surface area contributed by atoms with Crippen LogP contribution >= 0.6 is 0 Å². The Morgan fingerprint density at radius 2 is 2.47 bits per heavy atom. The molecule has 1 aliphatic heterocycles. The number of rotatable bonds is 3. The Morgan fingerprint density at radius 1 is 1.58 bits per heavy atom. The fourth-order valence-corrected chi connectivity index (χ4v) is 2.39. The topological polar surface area (TPSA) is 56.2 Å². The van der Waals surface area contributed by atoms with Crippen LogP contribution in [0.25, 0.3) is 11.0 Å². The van der Waals surface area contributed by atoms with Crippen LogP contribution in [-0.4, -0.2) is 34.7 Å². The van der Waals surface area contributed by atoms with Gasteiger partial charge < -0.3 is 14.6 Å². The zero-order valence-electron chi connectivity index (χ0n) is 10.9. The summed E-state index contributed by atoms with van der Waals surface area (Å²) < 4.78 is 7.42. The normalized spacial score (nSPS) is 18.9. The van der Waals surface area contributed by atoms with E-state index in [0.717, 1.165) is 30.5 Å². The van der Waals surface area contributed by atoms with Crippen molar-refractivity contribution in [2.75, 3.05) is 13.2 Å². The van der Waals surface area contributed by atoms with Crippen molar-refractivity contribution in [2.45, 2.75) is 18.9 Å². The van der Waals surface area contributed by atoms with E-state index in [1.54, 1.807) is 6.33 Å². The highest BCUT2D eigenvalue weighted by molar-refractivity contribution is 5.97. The van der Waals surface area contributed by atoms with Crippen LogP contribution in [0, 0.1) is 0 Å². The molecule has 1 aromatic carbocycles. The molecule has 1 fully saturated rings. The number of nitrogens with one attached hydrogen (secondary N) is 1. The number of benzene rings is 1. The summed E-state index contributed by atoms with van der Waals surface area (Å²) in [5.41, 5.74) is 2.51. The molecule has 5 nitrogen and oxygen atoms in total. The number of imidazole rings is 1. The molecule has 1 aromatic heterocycles. The zero-order chi connectivity index (χ0) is 13.2. The molecule has 2 heterocycles. The highest BCUT2D eigenvalue weighted by Crippen LogP contribution is 2.14. The first kappa shape index (κ1) is 12.2. The molecule has 0 aliphatic carbocycles. The summed E-state index contributed by atoms with van der Waals surface area (Å²) in [6.07, 6.45) is 4.03. The standard InChI is InChI=1S/C14H17N3O2/c1-17-9-16-12-7-10(4-5-13(12)17)14(18)15-8-11-3-2-6-19-11/h4-5,7,9,11H,2-3,6,8H2,1H3,(H,15,18)/t11-/m1/s1. The van der Waals surface area contributed by atoms with Gasteiger partial charge in [-0.2, -0.15) is 0 Å². The smallest absolute Gasteiger partial charge is 0.251 e. The van der Waals surface area contributed by atoms with Crippen molar-refractivity contribution >= 4 is 16.9 Å². The minimum Gasteiger partial charge on any atom is -0.376 e. The molecule has 0 radical (unpaired) electrons. The third kappa shape index (κ3) is 2.46. The van der Waals surface area contributed by atoms with Crippen LogP contribution < -0.4 is 5.32 Å². The van der Waals surface area contributed by atoms with Crippen LogP contribution in [0.4, 0.5) is 0 Å². The molecule has 3 rings (SSSR count). The number of aryl methyl sites for hydroxylation is 1. The van der Waals surface area contributed by atoms with Gasteiger partial charge in [0.25, 0.3) is 5.91 Å². The molecule has 1 saturated heterocycles. The fourth-order valence-electron chi connectivity index (χ4n) is 2.39. The van der Waals surface area contributed by atoms with E-state index in [1.165, 1.54) is 0 Å². The van der Waals surface area contributed by atoms with Gasteiger partial charge in [-0.25, -0.2) is 4.98 Å². The average molecular weight is 259 g/mol. The van der Waals surface area contributed by atoms with Crippen LogP contribution in [0.1, 0.15) is 23.2 Å². The minimum absolute atomic E-state index is 0.0666. The summed E-state index contributed by atoms with van der Waals surface area (Å²) >= 11 is 0. The van der Waals surface area contributed by atoms with Gasteiger partial charge in [-0.15, -0.1) is 0 Å². The van der Waals surface area contributed by atoms with E-state index in [9.17, 15) is 4.79 Å². The number of ether oxygens (including phenoxy) is 1. The van der Waals surface area contributed by atoms with Gasteiger partial charge in [0, 0.05) is 25.8 Å². The lowest BCUT2D eigenvalue weighted by atomic mass is 10.1. The van der Waals surface area contributed by atoms with Gasteiger partial charge in [0.15, 0.2) is 0 Å². The molecule has 0 unspecified atom stereocenters. The van der Waals surface area contributed by atoms with Crippen molar-refractivity contribution in [1.82, 2.24) is 14.9 Å². The van der Waals surface area contributed by atoms with Crippen molar-refractivity contribution in [2.24, 2.45) is 7.05 Å². The van der Waals surface area contributed by atoms with E-state index >= 15 is 0 Å². The molecule has 0 spiro atoms. The molecule has 1 N–H and O–H groups in total. The van der Waals surface area contributed by atoms with E-state index < -0.39 is 0 Å². The van der Waals surface area contributed by atoms with Crippen molar-refractivity contribution in [3.05, 3.63) is 30.1 Å². The first-order chi connectivity index (χ1) is 9.24. The summed E-state index contributed by atoms with van der Waals surface area (Å²) in [5.74, 6) is -0.0666. The fraction of sp³-hybridized carbons (Fsp3) is 0.429. The Balaban J connectivity index is 1.70. The van der Waals surface area contributed by atoms with Gasteiger partial charge in [0.05, 0.1) is 23.5 Å². The highest BCUT2D eigenvalue weighted by Gasteiger charge is 2.16. The van der Waals surface area contributed by atoms with E-state index in [-0.39, 0.29) is 12.0 Å². The van der Waals surface area contributed by atoms with Gasteiger partial charge in [-0.3, -0.25) is 4.79 Å². The lowest BCUT2D eigenvalue weighted by Crippen LogP contribution is -2.31. The Kier molecular flexibility index (Phi) is 3.21. The summed E-state index contributed by atoms with van der Waals surface area (Å²) in [6.45, 7) is 1.39. The predicted octanol–water partition coefficient (Wildman–Crippen LogP) is 1.48. The molecular formula is C14H17N3O2. The van der Waals surface area contributed by atoms with Crippen LogP contribution in [0.15, 0.2) is 24.5 Å². The molecule has 1 amide bonds.